The van der Waals surface area contributed by atoms with Crippen molar-refractivity contribution in [1.29, 1.82) is 0 Å². The zero-order valence-electron chi connectivity index (χ0n) is 11.4. The van der Waals surface area contributed by atoms with Gasteiger partial charge in [0.1, 0.15) is 17.5 Å². The van der Waals surface area contributed by atoms with Crippen molar-refractivity contribution in [3.8, 4) is 0 Å². The highest BCUT2D eigenvalue weighted by Gasteiger charge is 2.25. The Hall–Kier alpha value is -1.75. The van der Waals surface area contributed by atoms with Crippen LogP contribution in [0.5, 0.6) is 0 Å². The molecule has 1 atom stereocenters. The molecule has 0 amide bonds. The minimum atomic E-state index is -0.516. The highest BCUT2D eigenvalue weighted by Crippen LogP contribution is 2.26. The molecule has 1 aromatic carbocycles. The SMILES string of the molecule is Cc1cnc([C@H]2CCN(Cc3cc(F)cc(F)c3)C2)[nH]1. The first-order valence-electron chi connectivity index (χ1n) is 6.79. The fourth-order valence-corrected chi connectivity index (χ4v) is 2.80. The second-order valence-electron chi connectivity index (χ2n) is 5.45. The molecule has 1 saturated heterocycles. The number of aromatic nitrogens is 2. The Morgan fingerprint density at radius 1 is 1.30 bits per heavy atom. The third kappa shape index (κ3) is 2.88. The largest absolute Gasteiger partial charge is 0.346 e. The van der Waals surface area contributed by atoms with Crippen LogP contribution in [0.3, 0.4) is 0 Å². The molecule has 3 rings (SSSR count). The predicted molar refractivity (Wildman–Crippen MR) is 72.3 cm³/mol. The maximum absolute atomic E-state index is 13.2. The van der Waals surface area contributed by atoms with Gasteiger partial charge in [0.05, 0.1) is 0 Å². The second kappa shape index (κ2) is 5.32. The highest BCUT2D eigenvalue weighted by molar-refractivity contribution is 5.18. The molecule has 0 unspecified atom stereocenters. The monoisotopic (exact) mass is 277 g/mol. The molecular formula is C15H17F2N3. The number of nitrogens with zero attached hydrogens (tertiary/aromatic N) is 2. The maximum Gasteiger partial charge on any atom is 0.126 e. The smallest absolute Gasteiger partial charge is 0.126 e. The lowest BCUT2D eigenvalue weighted by Gasteiger charge is -2.15. The minimum Gasteiger partial charge on any atom is -0.346 e. The molecule has 0 spiro atoms. The fourth-order valence-electron chi connectivity index (χ4n) is 2.80. The summed E-state index contributed by atoms with van der Waals surface area (Å²) in [5.41, 5.74) is 1.74. The Morgan fingerprint density at radius 2 is 2.05 bits per heavy atom. The van der Waals surface area contributed by atoms with Crippen LogP contribution in [0.25, 0.3) is 0 Å². The molecule has 0 radical (unpaired) electrons. The topological polar surface area (TPSA) is 31.9 Å². The van der Waals surface area contributed by atoms with Crippen molar-refractivity contribution in [3.05, 3.63) is 53.1 Å². The molecule has 2 aromatic rings. The molecule has 0 bridgehead atoms. The van der Waals surface area contributed by atoms with Crippen LogP contribution in [-0.2, 0) is 6.54 Å². The number of aryl methyl sites for hydroxylation is 1. The van der Waals surface area contributed by atoms with Gasteiger partial charge in [-0.25, -0.2) is 13.8 Å². The van der Waals surface area contributed by atoms with Crippen molar-refractivity contribution in [1.82, 2.24) is 14.9 Å². The number of likely N-dealkylation sites (tertiary alicyclic amines) is 1. The number of aromatic amines is 1. The lowest BCUT2D eigenvalue weighted by Crippen LogP contribution is -2.20. The van der Waals surface area contributed by atoms with Crippen LogP contribution in [0.4, 0.5) is 8.78 Å². The minimum absolute atomic E-state index is 0.377. The normalized spacial score (nSPS) is 19.6. The summed E-state index contributed by atoms with van der Waals surface area (Å²) in [5.74, 6) is 0.354. The Morgan fingerprint density at radius 3 is 2.70 bits per heavy atom. The molecule has 1 aliphatic rings. The Bertz CT molecular complexity index is 589. The molecule has 0 aliphatic carbocycles. The summed E-state index contributed by atoms with van der Waals surface area (Å²) in [6, 6.07) is 3.70. The van der Waals surface area contributed by atoms with Crippen LogP contribution in [0.1, 0.15) is 29.4 Å². The van der Waals surface area contributed by atoms with E-state index in [-0.39, 0.29) is 0 Å². The standard InChI is InChI=1S/C15H17F2N3/c1-10-7-18-15(19-10)12-2-3-20(9-12)8-11-4-13(16)6-14(17)5-11/h4-7,12H,2-3,8-9H2,1H3,(H,18,19)/t12-/m0/s1. The van der Waals surface area contributed by atoms with E-state index in [9.17, 15) is 8.78 Å². The Kier molecular flexibility index (Phi) is 3.53. The van der Waals surface area contributed by atoms with E-state index in [4.69, 9.17) is 0 Å². The average molecular weight is 277 g/mol. The van der Waals surface area contributed by atoms with Gasteiger partial charge < -0.3 is 4.98 Å². The summed E-state index contributed by atoms with van der Waals surface area (Å²) in [7, 11) is 0. The van der Waals surface area contributed by atoms with Gasteiger partial charge in [-0.2, -0.15) is 0 Å². The number of imidazole rings is 1. The van der Waals surface area contributed by atoms with Gasteiger partial charge >= 0.3 is 0 Å². The molecule has 1 aromatic heterocycles. The summed E-state index contributed by atoms with van der Waals surface area (Å²) < 4.78 is 26.3. The molecule has 1 fully saturated rings. The van der Waals surface area contributed by atoms with Gasteiger partial charge in [-0.3, -0.25) is 4.90 Å². The van der Waals surface area contributed by atoms with Crippen LogP contribution in [-0.4, -0.2) is 28.0 Å². The number of H-pyrrole nitrogens is 1. The van der Waals surface area contributed by atoms with Crippen LogP contribution in [0, 0.1) is 18.6 Å². The van der Waals surface area contributed by atoms with E-state index in [0.29, 0.717) is 18.0 Å². The number of halogens is 2. The van der Waals surface area contributed by atoms with E-state index >= 15 is 0 Å². The van der Waals surface area contributed by atoms with Crippen LogP contribution in [0.15, 0.2) is 24.4 Å². The van der Waals surface area contributed by atoms with Gasteiger partial charge in [0.15, 0.2) is 0 Å². The summed E-state index contributed by atoms with van der Waals surface area (Å²) >= 11 is 0. The number of rotatable bonds is 3. The van der Waals surface area contributed by atoms with Crippen molar-refractivity contribution >= 4 is 0 Å². The number of hydrogen-bond acceptors (Lipinski definition) is 2. The van der Waals surface area contributed by atoms with Crippen molar-refractivity contribution in [2.45, 2.75) is 25.8 Å². The highest BCUT2D eigenvalue weighted by atomic mass is 19.1. The number of benzene rings is 1. The zero-order chi connectivity index (χ0) is 14.1. The first-order chi connectivity index (χ1) is 9.60. The van der Waals surface area contributed by atoms with Gasteiger partial charge in [-0.1, -0.05) is 0 Å². The van der Waals surface area contributed by atoms with E-state index in [1.807, 2.05) is 13.1 Å². The van der Waals surface area contributed by atoms with Crippen molar-refractivity contribution in [2.75, 3.05) is 13.1 Å². The molecule has 5 heteroatoms. The summed E-state index contributed by atoms with van der Waals surface area (Å²) in [4.78, 5) is 9.83. The van der Waals surface area contributed by atoms with Crippen molar-refractivity contribution < 1.29 is 8.78 Å². The van der Waals surface area contributed by atoms with Crippen LogP contribution in [0.2, 0.25) is 0 Å². The van der Waals surface area contributed by atoms with Gasteiger partial charge in [0.25, 0.3) is 0 Å². The summed E-state index contributed by atoms with van der Waals surface area (Å²) in [5, 5.41) is 0. The maximum atomic E-state index is 13.2. The summed E-state index contributed by atoms with van der Waals surface area (Å²) in [6.45, 7) is 4.34. The first-order valence-corrected chi connectivity index (χ1v) is 6.79. The van der Waals surface area contributed by atoms with E-state index in [1.54, 1.807) is 0 Å². The van der Waals surface area contributed by atoms with Gasteiger partial charge in [0.2, 0.25) is 0 Å². The predicted octanol–water partition coefficient (Wildman–Crippen LogP) is 2.99. The molecule has 0 saturated carbocycles. The summed E-state index contributed by atoms with van der Waals surface area (Å²) in [6.07, 6.45) is 2.85. The van der Waals surface area contributed by atoms with Crippen LogP contribution < -0.4 is 0 Å². The Labute approximate surface area is 116 Å². The molecular weight excluding hydrogens is 260 g/mol. The third-order valence-electron chi connectivity index (χ3n) is 3.71. The lowest BCUT2D eigenvalue weighted by atomic mass is 10.1. The van der Waals surface area contributed by atoms with E-state index < -0.39 is 11.6 Å². The number of nitrogens with one attached hydrogen (secondary N) is 1. The number of hydrogen-bond donors (Lipinski definition) is 1. The van der Waals surface area contributed by atoms with Gasteiger partial charge in [0, 0.05) is 37.0 Å². The quantitative estimate of drug-likeness (QED) is 0.935. The van der Waals surface area contributed by atoms with E-state index in [1.165, 1.54) is 12.1 Å². The average Bonchev–Trinajstić information content (AvgIpc) is 2.96. The lowest BCUT2D eigenvalue weighted by molar-refractivity contribution is 0.324. The van der Waals surface area contributed by atoms with Crippen molar-refractivity contribution in [2.24, 2.45) is 0 Å². The molecule has 1 N–H and O–H groups in total. The molecule has 20 heavy (non-hydrogen) atoms. The van der Waals surface area contributed by atoms with Gasteiger partial charge in [-0.15, -0.1) is 0 Å². The Balaban J connectivity index is 1.65. The van der Waals surface area contributed by atoms with Crippen LogP contribution >= 0.6 is 0 Å². The molecule has 106 valence electrons. The first kappa shape index (κ1) is 13.2. The van der Waals surface area contributed by atoms with E-state index in [2.05, 4.69) is 14.9 Å². The van der Waals surface area contributed by atoms with E-state index in [0.717, 1.165) is 37.1 Å². The third-order valence-corrected chi connectivity index (χ3v) is 3.71. The zero-order valence-corrected chi connectivity index (χ0v) is 11.4. The fraction of sp³-hybridized carbons (Fsp3) is 0.400. The second-order valence-corrected chi connectivity index (χ2v) is 5.45. The molecule has 1 aliphatic heterocycles. The van der Waals surface area contributed by atoms with Gasteiger partial charge in [-0.05, 0) is 37.6 Å². The molecule has 2 heterocycles. The molecule has 3 nitrogen and oxygen atoms in total. The van der Waals surface area contributed by atoms with Crippen molar-refractivity contribution in [3.63, 3.8) is 0 Å².